The van der Waals surface area contributed by atoms with E-state index in [1.165, 1.54) is 5.52 Å². The summed E-state index contributed by atoms with van der Waals surface area (Å²) in [5.41, 5.74) is 12.2. The molecule has 340 valence electrons. The molecule has 8 aromatic rings. The molecule has 9 rings (SSSR count). The van der Waals surface area contributed by atoms with Crippen molar-refractivity contribution in [2.45, 2.75) is 52.6 Å². The van der Waals surface area contributed by atoms with Crippen LogP contribution in [0.15, 0.2) is 108 Å². The second-order valence-electron chi connectivity index (χ2n) is 18.5. The van der Waals surface area contributed by atoms with Crippen molar-refractivity contribution in [1.82, 2.24) is 54.7 Å². The second-order valence-corrected chi connectivity index (χ2v) is 18.9. The molecule has 1 aliphatic heterocycles. The van der Waals surface area contributed by atoms with Gasteiger partial charge in [0.2, 0.25) is 0 Å². The number of aryl methyl sites for hydroxylation is 3. The van der Waals surface area contributed by atoms with E-state index in [1.807, 2.05) is 51.4 Å². The second kappa shape index (κ2) is 18.7. The van der Waals surface area contributed by atoms with Crippen molar-refractivity contribution >= 4 is 50.5 Å². The molecule has 0 aliphatic carbocycles. The van der Waals surface area contributed by atoms with Crippen LogP contribution in [0, 0.1) is 12.3 Å². The molecular weight excluding hydrogens is 846 g/mol. The molecule has 5 heterocycles. The Kier molecular flexibility index (Phi) is 12.7. The van der Waals surface area contributed by atoms with Crippen molar-refractivity contribution in [2.24, 2.45) is 19.5 Å². The summed E-state index contributed by atoms with van der Waals surface area (Å²) in [5, 5.41) is 16.4. The van der Waals surface area contributed by atoms with Gasteiger partial charge in [-0.1, -0.05) is 67.6 Å². The quantitative estimate of drug-likeness (QED) is 0.0713. The van der Waals surface area contributed by atoms with E-state index in [1.54, 1.807) is 15.6 Å². The van der Waals surface area contributed by atoms with Crippen LogP contribution in [0.4, 0.5) is 0 Å². The number of benzene rings is 4. The summed E-state index contributed by atoms with van der Waals surface area (Å²) in [5.74, 6) is 0.709. The summed E-state index contributed by atoms with van der Waals surface area (Å²) in [4.78, 5) is 42.3. The number of amides is 1. The predicted octanol–water partition coefficient (Wildman–Crippen LogP) is 8.13. The molecule has 14 heteroatoms. The average molecular weight is 905 g/mol. The number of fused-ring (bicyclic) bond motifs is 3. The number of rotatable bonds is 16. The Morgan fingerprint density at radius 1 is 0.909 bits per heavy atom. The Bertz CT molecular complexity index is 3150. The first-order chi connectivity index (χ1) is 31.8. The molecule has 1 aliphatic rings. The third-order valence-corrected chi connectivity index (χ3v) is 13.5. The molecule has 4 aromatic carbocycles. The SMILES string of the molecule is C=C(CNCc1ccc(-c2c3ncn(CC4(C)CCN(C)CC4)c(=O)c3nn2C)cc1)NCCCNC(=O)c1cc(Cc2nc3cc(-c4ccc5c(ccn5C)c4)c(Cl)cc3[nH]2)ccc1C. The lowest BCUT2D eigenvalue weighted by atomic mass is 9.80. The van der Waals surface area contributed by atoms with Gasteiger partial charge < -0.3 is 30.4 Å². The number of piperidine rings is 1. The highest BCUT2D eigenvalue weighted by Gasteiger charge is 2.30. The van der Waals surface area contributed by atoms with Gasteiger partial charge in [-0.3, -0.25) is 18.8 Å². The van der Waals surface area contributed by atoms with E-state index in [2.05, 4.69) is 111 Å². The van der Waals surface area contributed by atoms with Crippen LogP contribution in [0.25, 0.3) is 55.4 Å². The first kappa shape index (κ1) is 44.7. The largest absolute Gasteiger partial charge is 0.388 e. The minimum Gasteiger partial charge on any atom is -0.388 e. The fourth-order valence-electron chi connectivity index (χ4n) is 9.16. The maximum atomic E-state index is 13.6. The van der Waals surface area contributed by atoms with E-state index < -0.39 is 0 Å². The number of hydrogen-bond donors (Lipinski definition) is 4. The maximum absolute atomic E-state index is 13.6. The van der Waals surface area contributed by atoms with E-state index in [0.717, 1.165) is 99.4 Å². The van der Waals surface area contributed by atoms with Crippen LogP contribution in [0.1, 0.15) is 59.1 Å². The van der Waals surface area contributed by atoms with Crippen LogP contribution in [-0.2, 0) is 33.6 Å². The zero-order chi connectivity index (χ0) is 46.1. The summed E-state index contributed by atoms with van der Waals surface area (Å²) >= 11 is 6.79. The number of imidazole rings is 1. The fourth-order valence-corrected chi connectivity index (χ4v) is 9.44. The molecule has 0 saturated carbocycles. The number of aromatic nitrogens is 7. The molecular formula is C52H58ClN11O2. The van der Waals surface area contributed by atoms with Crippen molar-refractivity contribution in [2.75, 3.05) is 39.8 Å². The highest BCUT2D eigenvalue weighted by Crippen LogP contribution is 2.35. The molecule has 1 fully saturated rings. The van der Waals surface area contributed by atoms with Crippen LogP contribution in [0.3, 0.4) is 0 Å². The number of carbonyl (C=O) groups excluding carboxylic acids is 1. The highest BCUT2D eigenvalue weighted by molar-refractivity contribution is 6.34. The number of aromatic amines is 1. The molecule has 0 radical (unpaired) electrons. The van der Waals surface area contributed by atoms with E-state index in [4.69, 9.17) is 21.6 Å². The van der Waals surface area contributed by atoms with Gasteiger partial charge in [0.1, 0.15) is 11.3 Å². The maximum Gasteiger partial charge on any atom is 0.281 e. The minimum atomic E-state index is -0.0961. The molecule has 4 aromatic heterocycles. The Morgan fingerprint density at radius 2 is 1.67 bits per heavy atom. The summed E-state index contributed by atoms with van der Waals surface area (Å²) in [6.45, 7) is 13.6. The van der Waals surface area contributed by atoms with Gasteiger partial charge in [0, 0.05) is 92.7 Å². The number of nitrogens with zero attached hydrogens (tertiary/aromatic N) is 7. The number of halogens is 1. The number of carbonyl (C=O) groups is 1. The predicted molar refractivity (Wildman–Crippen MR) is 266 cm³/mol. The van der Waals surface area contributed by atoms with E-state index in [-0.39, 0.29) is 16.9 Å². The van der Waals surface area contributed by atoms with Crippen LogP contribution in [0.5, 0.6) is 0 Å². The lowest BCUT2D eigenvalue weighted by Gasteiger charge is -2.38. The molecule has 66 heavy (non-hydrogen) atoms. The fraction of sp³-hybridized carbons (Fsp3) is 0.327. The van der Waals surface area contributed by atoms with Crippen molar-refractivity contribution in [3.05, 3.63) is 147 Å². The van der Waals surface area contributed by atoms with Crippen molar-refractivity contribution in [1.29, 1.82) is 0 Å². The van der Waals surface area contributed by atoms with E-state index in [0.29, 0.717) is 60.8 Å². The Balaban J connectivity index is 0.719. The lowest BCUT2D eigenvalue weighted by molar-refractivity contribution is 0.0952. The van der Waals surface area contributed by atoms with Crippen LogP contribution in [-0.4, -0.2) is 84.4 Å². The van der Waals surface area contributed by atoms with Gasteiger partial charge in [-0.25, -0.2) is 9.97 Å². The van der Waals surface area contributed by atoms with Crippen LogP contribution < -0.4 is 21.5 Å². The highest BCUT2D eigenvalue weighted by atomic mass is 35.5. The molecule has 0 spiro atoms. The van der Waals surface area contributed by atoms with Crippen LogP contribution >= 0.6 is 11.6 Å². The van der Waals surface area contributed by atoms with Gasteiger partial charge in [0.05, 0.1) is 28.1 Å². The van der Waals surface area contributed by atoms with Crippen molar-refractivity contribution in [3.63, 3.8) is 0 Å². The van der Waals surface area contributed by atoms with E-state index >= 15 is 0 Å². The molecule has 1 saturated heterocycles. The number of H-pyrrole nitrogens is 1. The van der Waals surface area contributed by atoms with Gasteiger partial charge in [-0.15, -0.1) is 0 Å². The Labute approximate surface area is 389 Å². The van der Waals surface area contributed by atoms with Crippen molar-refractivity contribution in [3.8, 4) is 22.4 Å². The summed E-state index contributed by atoms with van der Waals surface area (Å²) in [7, 11) is 6.06. The molecule has 0 unspecified atom stereocenters. The average Bonchev–Trinajstić information content (AvgIpc) is 3.99. The lowest BCUT2D eigenvalue weighted by Crippen LogP contribution is -2.40. The van der Waals surface area contributed by atoms with Crippen LogP contribution in [0.2, 0.25) is 5.02 Å². The topological polar surface area (TPSA) is 143 Å². The van der Waals surface area contributed by atoms with Gasteiger partial charge in [0.25, 0.3) is 11.5 Å². The van der Waals surface area contributed by atoms with Gasteiger partial charge in [-0.05, 0) is 110 Å². The number of hydrogen-bond acceptors (Lipinski definition) is 8. The monoisotopic (exact) mass is 903 g/mol. The van der Waals surface area contributed by atoms with Gasteiger partial charge >= 0.3 is 0 Å². The summed E-state index contributed by atoms with van der Waals surface area (Å²) in [6.07, 6.45) is 7.14. The minimum absolute atomic E-state index is 0.0630. The first-order valence-corrected chi connectivity index (χ1v) is 23.1. The molecule has 0 atom stereocenters. The first-order valence-electron chi connectivity index (χ1n) is 22.7. The summed E-state index contributed by atoms with van der Waals surface area (Å²) < 4.78 is 5.61. The number of likely N-dealkylation sites (tertiary alicyclic amines) is 1. The Morgan fingerprint density at radius 3 is 2.47 bits per heavy atom. The van der Waals surface area contributed by atoms with Crippen molar-refractivity contribution < 1.29 is 4.79 Å². The Hall–Kier alpha value is -6.54. The normalized spacial score (nSPS) is 14.1. The molecule has 4 N–H and O–H groups in total. The zero-order valence-electron chi connectivity index (χ0n) is 38.5. The zero-order valence-corrected chi connectivity index (χ0v) is 39.2. The molecule has 13 nitrogen and oxygen atoms in total. The molecule has 0 bridgehead atoms. The number of nitrogens with one attached hydrogen (secondary N) is 4. The standard InChI is InChI=1S/C52H58ClN11O2/c1-33-8-9-36(25-46-58-43-27-41(42(53)28-44(43)59-46)38-14-15-45-39(26-38)16-21-62(45)5)24-40(33)50(65)56-20-7-19-55-34(2)29-54-30-35-10-12-37(13-11-35)49-47-48(60-63(49)6)51(66)64(32-57-47)31-52(3)17-22-61(4)23-18-52/h8-16,21,24,26-28,32,54-55H,2,7,17-20,22-23,25,29-31H2,1,3-6H3,(H,56,65)(H,58,59). The van der Waals surface area contributed by atoms with E-state index in [9.17, 15) is 9.59 Å². The van der Waals surface area contributed by atoms with Gasteiger partial charge in [0.15, 0.2) is 5.52 Å². The molecule has 1 amide bonds. The van der Waals surface area contributed by atoms with Gasteiger partial charge in [-0.2, -0.15) is 5.10 Å². The third-order valence-electron chi connectivity index (χ3n) is 13.2. The smallest absolute Gasteiger partial charge is 0.281 e. The summed E-state index contributed by atoms with van der Waals surface area (Å²) in [6, 6.07) is 26.7. The third kappa shape index (κ3) is 9.55.